The SMILES string of the molecule is c1cc2cnn(CCCN3CCN(C4CCCCC4)CC3)c2cc1-n1cnnc1. The number of hydrogen-bond donors (Lipinski definition) is 0. The molecule has 0 atom stereocenters. The van der Waals surface area contributed by atoms with Crippen molar-refractivity contribution in [1.82, 2.24) is 34.3 Å². The molecule has 2 fully saturated rings. The Morgan fingerprint density at radius 2 is 1.69 bits per heavy atom. The number of fused-ring (bicyclic) bond motifs is 1. The molecule has 3 heterocycles. The smallest absolute Gasteiger partial charge is 0.123 e. The van der Waals surface area contributed by atoms with E-state index in [1.165, 1.54) is 69.2 Å². The van der Waals surface area contributed by atoms with E-state index in [9.17, 15) is 0 Å². The fraction of sp³-hybridized carbons (Fsp3) is 0.591. The number of piperazine rings is 1. The zero-order valence-electron chi connectivity index (χ0n) is 17.2. The molecular weight excluding hydrogens is 362 g/mol. The van der Waals surface area contributed by atoms with Gasteiger partial charge in [-0.1, -0.05) is 19.3 Å². The van der Waals surface area contributed by atoms with Gasteiger partial charge in [0.05, 0.1) is 17.4 Å². The minimum atomic E-state index is 0.862. The van der Waals surface area contributed by atoms with Crippen molar-refractivity contribution in [2.24, 2.45) is 0 Å². The van der Waals surface area contributed by atoms with Crippen LogP contribution in [0.4, 0.5) is 0 Å². The van der Waals surface area contributed by atoms with Crippen LogP contribution in [-0.2, 0) is 6.54 Å². The van der Waals surface area contributed by atoms with Crippen LogP contribution >= 0.6 is 0 Å². The second-order valence-corrected chi connectivity index (χ2v) is 8.50. The predicted molar refractivity (Wildman–Crippen MR) is 114 cm³/mol. The molecule has 0 bridgehead atoms. The summed E-state index contributed by atoms with van der Waals surface area (Å²) in [5.41, 5.74) is 2.25. The standard InChI is InChI=1S/C22H31N7/c1-2-5-20(6-3-1)27-13-11-26(12-14-27)9-4-10-29-22-15-21(28-17-23-24-18-28)8-7-19(22)16-25-29/h7-8,15-18,20H,1-6,9-14H2. The Balaban J connectivity index is 1.14. The normalized spacial score (nSPS) is 19.9. The van der Waals surface area contributed by atoms with Crippen LogP contribution in [-0.4, -0.2) is 73.1 Å². The first-order chi connectivity index (χ1) is 14.4. The maximum atomic E-state index is 4.62. The molecule has 1 saturated carbocycles. The molecule has 1 aromatic carbocycles. The highest BCUT2D eigenvalue weighted by Gasteiger charge is 2.24. The van der Waals surface area contributed by atoms with Crippen molar-refractivity contribution in [1.29, 1.82) is 0 Å². The highest BCUT2D eigenvalue weighted by Crippen LogP contribution is 2.23. The van der Waals surface area contributed by atoms with E-state index in [4.69, 9.17) is 0 Å². The Hall–Kier alpha value is -2.25. The summed E-state index contributed by atoms with van der Waals surface area (Å²) in [5, 5.41) is 13.6. The molecular formula is C22H31N7. The predicted octanol–water partition coefficient (Wildman–Crippen LogP) is 2.96. The lowest BCUT2D eigenvalue weighted by Crippen LogP contribution is -2.50. The second-order valence-electron chi connectivity index (χ2n) is 8.50. The Labute approximate surface area is 172 Å². The monoisotopic (exact) mass is 393 g/mol. The van der Waals surface area contributed by atoms with E-state index in [1.807, 2.05) is 10.8 Å². The third-order valence-corrected chi connectivity index (χ3v) is 6.69. The van der Waals surface area contributed by atoms with Gasteiger partial charge in [-0.3, -0.25) is 14.1 Å². The summed E-state index contributed by atoms with van der Waals surface area (Å²) in [6.07, 6.45) is 13.7. The molecule has 2 aliphatic rings. The molecule has 3 aromatic rings. The Morgan fingerprint density at radius 3 is 2.48 bits per heavy atom. The first-order valence-corrected chi connectivity index (χ1v) is 11.1. The van der Waals surface area contributed by atoms with E-state index < -0.39 is 0 Å². The summed E-state index contributed by atoms with van der Waals surface area (Å²) < 4.78 is 4.07. The van der Waals surface area contributed by atoms with E-state index in [0.29, 0.717) is 0 Å². The van der Waals surface area contributed by atoms with Crippen LogP contribution < -0.4 is 0 Å². The Bertz CT molecular complexity index is 903. The van der Waals surface area contributed by atoms with Crippen molar-refractivity contribution in [3.8, 4) is 5.69 Å². The quantitative estimate of drug-likeness (QED) is 0.644. The summed E-state index contributed by atoms with van der Waals surface area (Å²) in [7, 11) is 0. The molecule has 1 aliphatic heterocycles. The molecule has 1 saturated heterocycles. The van der Waals surface area contributed by atoms with Crippen LogP contribution in [0.15, 0.2) is 37.1 Å². The van der Waals surface area contributed by atoms with Gasteiger partial charge < -0.3 is 4.90 Å². The van der Waals surface area contributed by atoms with Crippen LogP contribution in [0.5, 0.6) is 0 Å². The molecule has 0 radical (unpaired) electrons. The van der Waals surface area contributed by atoms with Crippen molar-refractivity contribution >= 4 is 10.9 Å². The molecule has 5 rings (SSSR count). The highest BCUT2D eigenvalue weighted by molar-refractivity contribution is 5.80. The summed E-state index contributed by atoms with van der Waals surface area (Å²) in [6.45, 7) is 7.04. The van der Waals surface area contributed by atoms with Crippen LogP contribution in [0.2, 0.25) is 0 Å². The molecule has 29 heavy (non-hydrogen) atoms. The van der Waals surface area contributed by atoms with Gasteiger partial charge >= 0.3 is 0 Å². The van der Waals surface area contributed by atoms with E-state index in [1.54, 1.807) is 12.7 Å². The lowest BCUT2D eigenvalue weighted by Gasteiger charge is -2.40. The summed E-state index contributed by atoms with van der Waals surface area (Å²) in [4.78, 5) is 5.39. The van der Waals surface area contributed by atoms with Crippen LogP contribution in [0, 0.1) is 0 Å². The molecule has 7 heteroatoms. The minimum absolute atomic E-state index is 0.862. The Kier molecular flexibility index (Phi) is 5.58. The van der Waals surface area contributed by atoms with Gasteiger partial charge in [0.1, 0.15) is 12.7 Å². The van der Waals surface area contributed by atoms with Crippen molar-refractivity contribution in [3.05, 3.63) is 37.1 Å². The maximum Gasteiger partial charge on any atom is 0.123 e. The van der Waals surface area contributed by atoms with E-state index in [0.717, 1.165) is 31.2 Å². The van der Waals surface area contributed by atoms with E-state index >= 15 is 0 Å². The lowest BCUT2D eigenvalue weighted by atomic mass is 9.94. The van der Waals surface area contributed by atoms with Gasteiger partial charge in [0.15, 0.2) is 0 Å². The third-order valence-electron chi connectivity index (χ3n) is 6.69. The summed E-state index contributed by atoms with van der Waals surface area (Å²) >= 11 is 0. The highest BCUT2D eigenvalue weighted by atomic mass is 15.3. The molecule has 7 nitrogen and oxygen atoms in total. The number of hydrogen-bond acceptors (Lipinski definition) is 5. The van der Waals surface area contributed by atoms with Gasteiger partial charge in [0.25, 0.3) is 0 Å². The first-order valence-electron chi connectivity index (χ1n) is 11.1. The van der Waals surface area contributed by atoms with Crippen molar-refractivity contribution < 1.29 is 0 Å². The average Bonchev–Trinajstić information content (AvgIpc) is 3.45. The van der Waals surface area contributed by atoms with Gasteiger partial charge in [-0.25, -0.2) is 0 Å². The zero-order chi connectivity index (χ0) is 19.5. The van der Waals surface area contributed by atoms with Crippen LogP contribution in [0.3, 0.4) is 0 Å². The number of rotatable bonds is 6. The topological polar surface area (TPSA) is 55.0 Å². The van der Waals surface area contributed by atoms with Gasteiger partial charge in [0.2, 0.25) is 0 Å². The van der Waals surface area contributed by atoms with Crippen molar-refractivity contribution in [2.45, 2.75) is 51.1 Å². The summed E-state index contributed by atoms with van der Waals surface area (Å²) in [5.74, 6) is 0. The minimum Gasteiger partial charge on any atom is -0.301 e. The maximum absolute atomic E-state index is 4.62. The van der Waals surface area contributed by atoms with Crippen LogP contribution in [0.1, 0.15) is 38.5 Å². The first kappa shape index (κ1) is 18.8. The van der Waals surface area contributed by atoms with E-state index in [-0.39, 0.29) is 0 Å². The van der Waals surface area contributed by atoms with Crippen LogP contribution in [0.25, 0.3) is 16.6 Å². The van der Waals surface area contributed by atoms with Crippen molar-refractivity contribution in [3.63, 3.8) is 0 Å². The van der Waals surface area contributed by atoms with Gasteiger partial charge in [0, 0.05) is 44.2 Å². The van der Waals surface area contributed by atoms with Crippen molar-refractivity contribution in [2.75, 3.05) is 32.7 Å². The lowest BCUT2D eigenvalue weighted by molar-refractivity contribution is 0.0778. The number of aromatic nitrogens is 5. The van der Waals surface area contributed by atoms with Gasteiger partial charge in [-0.15, -0.1) is 10.2 Å². The second kappa shape index (κ2) is 8.63. The molecule has 1 aliphatic carbocycles. The average molecular weight is 394 g/mol. The summed E-state index contributed by atoms with van der Waals surface area (Å²) in [6, 6.07) is 7.25. The zero-order valence-corrected chi connectivity index (χ0v) is 17.2. The molecule has 0 unspecified atom stereocenters. The molecule has 0 N–H and O–H groups in total. The number of aryl methyl sites for hydroxylation is 1. The fourth-order valence-electron chi connectivity index (χ4n) is 4.97. The largest absolute Gasteiger partial charge is 0.301 e. The van der Waals surface area contributed by atoms with Gasteiger partial charge in [-0.05, 0) is 44.0 Å². The number of benzene rings is 1. The molecule has 0 spiro atoms. The molecule has 2 aromatic heterocycles. The molecule has 154 valence electrons. The van der Waals surface area contributed by atoms with Gasteiger partial charge in [-0.2, -0.15) is 5.10 Å². The number of nitrogens with zero attached hydrogens (tertiary/aromatic N) is 7. The Morgan fingerprint density at radius 1 is 0.897 bits per heavy atom. The third kappa shape index (κ3) is 4.21. The van der Waals surface area contributed by atoms with E-state index in [2.05, 4.69) is 48.0 Å². The molecule has 0 amide bonds. The fourth-order valence-corrected chi connectivity index (χ4v) is 4.97.